The van der Waals surface area contributed by atoms with E-state index in [0.29, 0.717) is 18.0 Å². The Morgan fingerprint density at radius 2 is 2.33 bits per heavy atom. The minimum Gasteiger partial charge on any atom is -0.349 e. The number of carbonyl (C=O) groups excluding carboxylic acids is 1. The monoisotopic (exact) mass is 250 g/mol. The smallest absolute Gasteiger partial charge is 0.254 e. The first-order chi connectivity index (χ1) is 8.74. The van der Waals surface area contributed by atoms with Crippen LogP contribution in [0.4, 0.5) is 0 Å². The molecule has 1 aliphatic carbocycles. The fourth-order valence-corrected chi connectivity index (χ4v) is 2.59. The highest BCUT2D eigenvalue weighted by atomic mass is 16.1. The number of carbonyl (C=O) groups is 1. The van der Waals surface area contributed by atoms with Crippen LogP contribution in [0.2, 0.25) is 0 Å². The van der Waals surface area contributed by atoms with E-state index in [9.17, 15) is 4.79 Å². The van der Waals surface area contributed by atoms with Crippen LogP contribution in [0.5, 0.6) is 0 Å². The van der Waals surface area contributed by atoms with Gasteiger partial charge in [0.2, 0.25) is 0 Å². The molecule has 1 amide bonds. The Labute approximate surface area is 108 Å². The van der Waals surface area contributed by atoms with Gasteiger partial charge >= 0.3 is 0 Å². The van der Waals surface area contributed by atoms with E-state index in [-0.39, 0.29) is 11.9 Å². The van der Waals surface area contributed by atoms with Gasteiger partial charge in [0.1, 0.15) is 0 Å². The van der Waals surface area contributed by atoms with Gasteiger partial charge in [-0.05, 0) is 32.2 Å². The summed E-state index contributed by atoms with van der Waals surface area (Å²) in [7, 11) is 0. The molecule has 0 bridgehead atoms. The standard InChI is InChI=1S/C13H22N4O/c1-2-17-9-11(8-15-17)13(18)16-12-6-4-3-5-10(12)7-14/h8-10,12H,2-7,14H2,1H3,(H,16,18). The molecule has 5 heteroatoms. The number of nitrogens with one attached hydrogen (secondary N) is 1. The van der Waals surface area contributed by atoms with Gasteiger partial charge in [-0.25, -0.2) is 0 Å². The highest BCUT2D eigenvalue weighted by molar-refractivity contribution is 5.93. The van der Waals surface area contributed by atoms with E-state index >= 15 is 0 Å². The summed E-state index contributed by atoms with van der Waals surface area (Å²) in [5.41, 5.74) is 6.40. The average molecular weight is 250 g/mol. The number of amides is 1. The van der Waals surface area contributed by atoms with E-state index in [1.165, 1.54) is 12.8 Å². The normalized spacial score (nSPS) is 23.9. The predicted octanol–water partition coefficient (Wildman–Crippen LogP) is 1.15. The first-order valence-electron chi connectivity index (χ1n) is 6.78. The van der Waals surface area contributed by atoms with Gasteiger partial charge in [0, 0.05) is 18.8 Å². The third-order valence-electron chi connectivity index (χ3n) is 3.75. The van der Waals surface area contributed by atoms with E-state index in [2.05, 4.69) is 10.4 Å². The first kappa shape index (κ1) is 13.1. The summed E-state index contributed by atoms with van der Waals surface area (Å²) in [4.78, 5) is 12.1. The van der Waals surface area contributed by atoms with Gasteiger partial charge in [-0.3, -0.25) is 9.48 Å². The minimum absolute atomic E-state index is 0.0277. The SMILES string of the molecule is CCn1cc(C(=O)NC2CCCCC2CN)cn1. The number of aryl methyl sites for hydroxylation is 1. The maximum Gasteiger partial charge on any atom is 0.254 e. The molecule has 5 nitrogen and oxygen atoms in total. The van der Waals surface area contributed by atoms with Gasteiger partial charge in [-0.2, -0.15) is 5.10 Å². The van der Waals surface area contributed by atoms with E-state index in [4.69, 9.17) is 5.73 Å². The molecule has 1 aromatic rings. The molecule has 1 aliphatic rings. The molecular formula is C13H22N4O. The molecule has 1 heterocycles. The highest BCUT2D eigenvalue weighted by Gasteiger charge is 2.25. The van der Waals surface area contributed by atoms with Gasteiger partial charge in [-0.15, -0.1) is 0 Å². The summed E-state index contributed by atoms with van der Waals surface area (Å²) in [6.07, 6.45) is 7.97. The first-order valence-corrected chi connectivity index (χ1v) is 6.78. The summed E-state index contributed by atoms with van der Waals surface area (Å²) < 4.78 is 1.76. The molecular weight excluding hydrogens is 228 g/mol. The van der Waals surface area contributed by atoms with Crippen molar-refractivity contribution in [2.45, 2.75) is 45.2 Å². The molecule has 2 rings (SSSR count). The van der Waals surface area contributed by atoms with Gasteiger partial charge in [-0.1, -0.05) is 12.8 Å². The van der Waals surface area contributed by atoms with E-state index in [1.807, 2.05) is 6.92 Å². The fraction of sp³-hybridized carbons (Fsp3) is 0.692. The zero-order valence-corrected chi connectivity index (χ0v) is 10.9. The van der Waals surface area contributed by atoms with Crippen LogP contribution >= 0.6 is 0 Å². The van der Waals surface area contributed by atoms with Crippen molar-refractivity contribution in [3.63, 3.8) is 0 Å². The molecule has 3 N–H and O–H groups in total. The Morgan fingerprint density at radius 1 is 1.56 bits per heavy atom. The van der Waals surface area contributed by atoms with Crippen LogP contribution in [0, 0.1) is 5.92 Å². The number of hydrogen-bond donors (Lipinski definition) is 2. The van der Waals surface area contributed by atoms with Crippen molar-refractivity contribution in [3.05, 3.63) is 18.0 Å². The van der Waals surface area contributed by atoms with Crippen LogP contribution in [0.3, 0.4) is 0 Å². The van der Waals surface area contributed by atoms with Crippen LogP contribution in [0.1, 0.15) is 43.0 Å². The Bertz CT molecular complexity index is 401. The molecule has 0 radical (unpaired) electrons. The fourth-order valence-electron chi connectivity index (χ4n) is 2.59. The Balaban J connectivity index is 1.97. The topological polar surface area (TPSA) is 72.9 Å². The molecule has 1 saturated carbocycles. The molecule has 0 aliphatic heterocycles. The second-order valence-electron chi connectivity index (χ2n) is 4.94. The van der Waals surface area contributed by atoms with Crippen LogP contribution in [0.15, 0.2) is 12.4 Å². The van der Waals surface area contributed by atoms with Gasteiger partial charge < -0.3 is 11.1 Å². The second-order valence-corrected chi connectivity index (χ2v) is 4.94. The zero-order valence-electron chi connectivity index (χ0n) is 10.9. The Morgan fingerprint density at radius 3 is 3.00 bits per heavy atom. The summed E-state index contributed by atoms with van der Waals surface area (Å²) in [6, 6.07) is 0.223. The Hall–Kier alpha value is -1.36. The summed E-state index contributed by atoms with van der Waals surface area (Å²) in [6.45, 7) is 3.43. The van der Waals surface area contributed by atoms with Crippen LogP contribution in [0.25, 0.3) is 0 Å². The van der Waals surface area contributed by atoms with Crippen molar-refractivity contribution < 1.29 is 4.79 Å². The van der Waals surface area contributed by atoms with Crippen LogP contribution in [-0.2, 0) is 6.54 Å². The molecule has 2 atom stereocenters. The van der Waals surface area contributed by atoms with Crippen molar-refractivity contribution in [3.8, 4) is 0 Å². The van der Waals surface area contributed by atoms with E-state index < -0.39 is 0 Å². The lowest BCUT2D eigenvalue weighted by molar-refractivity contribution is 0.0908. The van der Waals surface area contributed by atoms with Crippen molar-refractivity contribution >= 4 is 5.91 Å². The number of hydrogen-bond acceptors (Lipinski definition) is 3. The van der Waals surface area contributed by atoms with Gasteiger partial charge in [0.05, 0.1) is 11.8 Å². The molecule has 0 saturated heterocycles. The molecule has 1 aromatic heterocycles. The Kier molecular flexibility index (Phi) is 4.36. The molecule has 0 aromatic carbocycles. The van der Waals surface area contributed by atoms with Crippen LogP contribution in [-0.4, -0.2) is 28.3 Å². The molecule has 18 heavy (non-hydrogen) atoms. The average Bonchev–Trinajstić information content (AvgIpc) is 2.88. The number of rotatable bonds is 4. The molecule has 0 spiro atoms. The van der Waals surface area contributed by atoms with E-state index in [1.54, 1.807) is 17.1 Å². The zero-order chi connectivity index (χ0) is 13.0. The maximum absolute atomic E-state index is 12.1. The molecule has 100 valence electrons. The van der Waals surface area contributed by atoms with Gasteiger partial charge in [0.25, 0.3) is 5.91 Å². The van der Waals surface area contributed by atoms with Crippen molar-refractivity contribution in [2.24, 2.45) is 11.7 Å². The van der Waals surface area contributed by atoms with E-state index in [0.717, 1.165) is 19.4 Å². The molecule has 1 fully saturated rings. The number of nitrogens with two attached hydrogens (primary N) is 1. The summed E-state index contributed by atoms with van der Waals surface area (Å²) in [5.74, 6) is 0.393. The van der Waals surface area contributed by atoms with Crippen LogP contribution < -0.4 is 11.1 Å². The lowest BCUT2D eigenvalue weighted by atomic mass is 9.84. The number of aromatic nitrogens is 2. The number of nitrogens with zero attached hydrogens (tertiary/aromatic N) is 2. The van der Waals surface area contributed by atoms with Crippen molar-refractivity contribution in [1.82, 2.24) is 15.1 Å². The minimum atomic E-state index is -0.0277. The third-order valence-corrected chi connectivity index (χ3v) is 3.75. The highest BCUT2D eigenvalue weighted by Crippen LogP contribution is 2.23. The summed E-state index contributed by atoms with van der Waals surface area (Å²) >= 11 is 0. The summed E-state index contributed by atoms with van der Waals surface area (Å²) in [5, 5.41) is 7.22. The lowest BCUT2D eigenvalue weighted by Crippen LogP contribution is -2.44. The second kappa shape index (κ2) is 6.00. The largest absolute Gasteiger partial charge is 0.349 e. The molecule has 2 unspecified atom stereocenters. The van der Waals surface area contributed by atoms with Crippen molar-refractivity contribution in [2.75, 3.05) is 6.54 Å². The lowest BCUT2D eigenvalue weighted by Gasteiger charge is -2.31. The predicted molar refractivity (Wildman–Crippen MR) is 70.2 cm³/mol. The maximum atomic E-state index is 12.1. The van der Waals surface area contributed by atoms with Crippen molar-refractivity contribution in [1.29, 1.82) is 0 Å². The third kappa shape index (κ3) is 2.90. The quantitative estimate of drug-likeness (QED) is 0.842. The van der Waals surface area contributed by atoms with Gasteiger partial charge in [0.15, 0.2) is 0 Å².